The molecule has 2 atom stereocenters. The number of hydrogen-bond donors (Lipinski definition) is 1. The van der Waals surface area contributed by atoms with Gasteiger partial charge in [0.15, 0.2) is 0 Å². The molecule has 3 rings (SSSR count). The highest BCUT2D eigenvalue weighted by molar-refractivity contribution is 7.81. The van der Waals surface area contributed by atoms with Crippen LogP contribution in [-0.2, 0) is 4.79 Å². The molecule has 2 fully saturated rings. The SMILES string of the molecule is CC(C)CC(S)C(=O)N1CCC2(CCN(c3ccccc3)C2)C1. The van der Waals surface area contributed by atoms with Crippen molar-refractivity contribution in [1.82, 2.24) is 4.90 Å². The Kier molecular flexibility index (Phi) is 4.90. The number of thiol groups is 1. The van der Waals surface area contributed by atoms with E-state index in [0.29, 0.717) is 5.92 Å². The van der Waals surface area contributed by atoms with Crippen molar-refractivity contribution < 1.29 is 4.79 Å². The number of carbonyl (C=O) groups excluding carboxylic acids is 1. The molecule has 126 valence electrons. The zero-order valence-electron chi connectivity index (χ0n) is 14.2. The largest absolute Gasteiger partial charge is 0.371 e. The van der Waals surface area contributed by atoms with Crippen LogP contribution >= 0.6 is 12.6 Å². The highest BCUT2D eigenvalue weighted by Crippen LogP contribution is 2.41. The first-order chi connectivity index (χ1) is 11.0. The molecule has 2 heterocycles. The Labute approximate surface area is 145 Å². The minimum Gasteiger partial charge on any atom is -0.371 e. The second-order valence-corrected chi connectivity index (χ2v) is 8.29. The molecule has 1 aromatic carbocycles. The number of para-hydroxylation sites is 1. The molecular weight excluding hydrogens is 304 g/mol. The average molecular weight is 333 g/mol. The summed E-state index contributed by atoms with van der Waals surface area (Å²) >= 11 is 4.54. The lowest BCUT2D eigenvalue weighted by Crippen LogP contribution is -2.38. The zero-order valence-corrected chi connectivity index (χ0v) is 15.1. The molecule has 2 aliphatic heterocycles. The maximum atomic E-state index is 12.6. The van der Waals surface area contributed by atoms with Gasteiger partial charge in [0.05, 0.1) is 5.25 Å². The summed E-state index contributed by atoms with van der Waals surface area (Å²) in [6.45, 7) is 8.28. The Balaban J connectivity index is 1.60. The molecule has 1 aromatic rings. The average Bonchev–Trinajstić information content (AvgIpc) is 3.14. The molecule has 0 aliphatic carbocycles. The van der Waals surface area contributed by atoms with Crippen LogP contribution in [0.2, 0.25) is 0 Å². The van der Waals surface area contributed by atoms with E-state index in [-0.39, 0.29) is 16.6 Å². The summed E-state index contributed by atoms with van der Waals surface area (Å²) in [4.78, 5) is 17.1. The summed E-state index contributed by atoms with van der Waals surface area (Å²) in [5, 5.41) is -0.142. The van der Waals surface area contributed by atoms with E-state index in [0.717, 1.165) is 39.0 Å². The quantitative estimate of drug-likeness (QED) is 0.854. The van der Waals surface area contributed by atoms with Crippen LogP contribution in [-0.4, -0.2) is 42.2 Å². The third kappa shape index (κ3) is 3.68. The Morgan fingerprint density at radius 2 is 1.87 bits per heavy atom. The van der Waals surface area contributed by atoms with Crippen molar-refractivity contribution in [2.75, 3.05) is 31.1 Å². The third-order valence-corrected chi connectivity index (χ3v) is 5.72. The van der Waals surface area contributed by atoms with Gasteiger partial charge in [0.25, 0.3) is 0 Å². The van der Waals surface area contributed by atoms with E-state index in [1.807, 2.05) is 0 Å². The highest BCUT2D eigenvalue weighted by Gasteiger charge is 2.45. The number of hydrogen-bond acceptors (Lipinski definition) is 3. The number of likely N-dealkylation sites (tertiary alicyclic amines) is 1. The zero-order chi connectivity index (χ0) is 16.4. The molecule has 2 unspecified atom stereocenters. The molecule has 0 N–H and O–H groups in total. The maximum absolute atomic E-state index is 12.6. The van der Waals surface area contributed by atoms with Crippen LogP contribution in [0.15, 0.2) is 30.3 Å². The number of benzene rings is 1. The van der Waals surface area contributed by atoms with Gasteiger partial charge in [0.1, 0.15) is 0 Å². The van der Waals surface area contributed by atoms with Crippen LogP contribution < -0.4 is 4.90 Å². The number of rotatable bonds is 4. The molecule has 2 saturated heterocycles. The van der Waals surface area contributed by atoms with Crippen LogP contribution in [0.3, 0.4) is 0 Å². The van der Waals surface area contributed by atoms with E-state index >= 15 is 0 Å². The van der Waals surface area contributed by atoms with Gasteiger partial charge in [-0.15, -0.1) is 0 Å². The lowest BCUT2D eigenvalue weighted by molar-refractivity contribution is -0.130. The Morgan fingerprint density at radius 1 is 1.17 bits per heavy atom. The number of carbonyl (C=O) groups is 1. The van der Waals surface area contributed by atoms with Crippen molar-refractivity contribution in [3.8, 4) is 0 Å². The Hall–Kier alpha value is -1.16. The van der Waals surface area contributed by atoms with E-state index in [2.05, 4.69) is 66.6 Å². The molecule has 3 nitrogen and oxygen atoms in total. The first-order valence-corrected chi connectivity index (χ1v) is 9.28. The lowest BCUT2D eigenvalue weighted by atomic mass is 9.86. The van der Waals surface area contributed by atoms with Gasteiger partial charge in [0.2, 0.25) is 5.91 Å². The van der Waals surface area contributed by atoms with Crippen LogP contribution in [0.4, 0.5) is 5.69 Å². The maximum Gasteiger partial charge on any atom is 0.235 e. The van der Waals surface area contributed by atoms with Gasteiger partial charge in [0, 0.05) is 37.3 Å². The van der Waals surface area contributed by atoms with Gasteiger partial charge >= 0.3 is 0 Å². The first-order valence-electron chi connectivity index (χ1n) is 8.76. The van der Waals surface area contributed by atoms with Crippen molar-refractivity contribution in [2.45, 2.75) is 38.4 Å². The normalized spacial score (nSPS) is 25.6. The summed E-state index contributed by atoms with van der Waals surface area (Å²) in [7, 11) is 0. The fourth-order valence-corrected chi connectivity index (χ4v) is 4.59. The van der Waals surface area contributed by atoms with Crippen LogP contribution in [0.25, 0.3) is 0 Å². The van der Waals surface area contributed by atoms with E-state index in [9.17, 15) is 4.79 Å². The molecule has 1 amide bonds. The summed E-state index contributed by atoms with van der Waals surface area (Å²) in [6, 6.07) is 10.6. The predicted molar refractivity (Wildman–Crippen MR) is 99.1 cm³/mol. The van der Waals surface area contributed by atoms with E-state index < -0.39 is 0 Å². The fraction of sp³-hybridized carbons (Fsp3) is 0.632. The molecule has 0 radical (unpaired) electrons. The smallest absolute Gasteiger partial charge is 0.235 e. The Bertz CT molecular complexity index is 548. The van der Waals surface area contributed by atoms with E-state index in [1.54, 1.807) is 0 Å². The van der Waals surface area contributed by atoms with Crippen molar-refractivity contribution in [2.24, 2.45) is 11.3 Å². The second-order valence-electron chi connectivity index (χ2n) is 7.66. The van der Waals surface area contributed by atoms with Gasteiger partial charge in [-0.2, -0.15) is 12.6 Å². The third-order valence-electron chi connectivity index (χ3n) is 5.29. The van der Waals surface area contributed by atoms with E-state index in [4.69, 9.17) is 0 Å². The van der Waals surface area contributed by atoms with Crippen LogP contribution in [0, 0.1) is 11.3 Å². The first kappa shape index (κ1) is 16.7. The minimum absolute atomic E-state index is 0.142. The summed E-state index contributed by atoms with van der Waals surface area (Å²) in [5.74, 6) is 0.745. The second kappa shape index (κ2) is 6.76. The van der Waals surface area contributed by atoms with Crippen molar-refractivity contribution in [1.29, 1.82) is 0 Å². The van der Waals surface area contributed by atoms with Crippen LogP contribution in [0.5, 0.6) is 0 Å². The van der Waals surface area contributed by atoms with Gasteiger partial charge in [-0.3, -0.25) is 4.79 Å². The van der Waals surface area contributed by atoms with Gasteiger partial charge < -0.3 is 9.80 Å². The molecule has 0 saturated carbocycles. The van der Waals surface area contributed by atoms with Crippen molar-refractivity contribution in [3.63, 3.8) is 0 Å². The summed E-state index contributed by atoms with van der Waals surface area (Å²) in [5.41, 5.74) is 1.60. The summed E-state index contributed by atoms with van der Waals surface area (Å²) < 4.78 is 0. The predicted octanol–water partition coefficient (Wildman–Crippen LogP) is 3.46. The van der Waals surface area contributed by atoms with Gasteiger partial charge in [-0.05, 0) is 37.3 Å². The molecule has 0 aromatic heterocycles. The topological polar surface area (TPSA) is 23.6 Å². The lowest BCUT2D eigenvalue weighted by Gasteiger charge is -2.26. The molecule has 2 aliphatic rings. The molecule has 4 heteroatoms. The molecule has 0 bridgehead atoms. The van der Waals surface area contributed by atoms with E-state index in [1.165, 1.54) is 12.1 Å². The van der Waals surface area contributed by atoms with Crippen molar-refractivity contribution >= 4 is 24.2 Å². The summed E-state index contributed by atoms with van der Waals surface area (Å²) in [6.07, 6.45) is 3.18. The monoisotopic (exact) mass is 332 g/mol. The number of anilines is 1. The Morgan fingerprint density at radius 3 is 2.57 bits per heavy atom. The molecule has 1 spiro atoms. The van der Waals surface area contributed by atoms with Crippen molar-refractivity contribution in [3.05, 3.63) is 30.3 Å². The number of amides is 1. The minimum atomic E-state index is -0.142. The van der Waals surface area contributed by atoms with Gasteiger partial charge in [-0.25, -0.2) is 0 Å². The number of nitrogens with zero attached hydrogens (tertiary/aromatic N) is 2. The van der Waals surface area contributed by atoms with Gasteiger partial charge in [-0.1, -0.05) is 32.0 Å². The van der Waals surface area contributed by atoms with Crippen LogP contribution in [0.1, 0.15) is 33.1 Å². The molecule has 23 heavy (non-hydrogen) atoms. The standard InChI is InChI=1S/C19H28N2OS/c1-15(2)12-17(23)18(22)21-11-9-19(14-21)8-10-20(13-19)16-6-4-3-5-7-16/h3-7,15,17,23H,8-14H2,1-2H3. The molecular formula is C19H28N2OS. The highest BCUT2D eigenvalue weighted by atomic mass is 32.1. The fourth-order valence-electron chi connectivity index (χ4n) is 4.01.